The minimum atomic E-state index is -1.22. The van der Waals surface area contributed by atoms with Gasteiger partial charge in [0, 0.05) is 16.7 Å². The first-order valence-corrected chi connectivity index (χ1v) is 6.45. The lowest BCUT2D eigenvalue weighted by atomic mass is 10.1. The fraction of sp³-hybridized carbons (Fsp3) is 0.0667. The molecular weight excluding hydrogens is 294 g/mol. The lowest BCUT2D eigenvalue weighted by Crippen LogP contribution is -2.32. The van der Waals surface area contributed by atoms with Gasteiger partial charge in [-0.25, -0.2) is 4.79 Å². The Morgan fingerprint density at radius 3 is 2.62 bits per heavy atom. The lowest BCUT2D eigenvalue weighted by molar-refractivity contribution is -0.141. The Morgan fingerprint density at radius 1 is 1.24 bits per heavy atom. The van der Waals surface area contributed by atoms with Crippen molar-refractivity contribution in [2.45, 2.75) is 6.04 Å². The van der Waals surface area contributed by atoms with Crippen LogP contribution in [0.1, 0.15) is 17.4 Å². The first-order chi connectivity index (χ1) is 10.1. The Labute approximate surface area is 125 Å². The summed E-state index contributed by atoms with van der Waals surface area (Å²) in [6, 6.07) is 8.60. The van der Waals surface area contributed by atoms with Gasteiger partial charge in [-0.2, -0.15) is 0 Å². The van der Waals surface area contributed by atoms with Gasteiger partial charge in [0.2, 0.25) is 5.91 Å². The number of carboxylic acids is 1. The van der Waals surface area contributed by atoms with E-state index in [0.29, 0.717) is 11.3 Å². The van der Waals surface area contributed by atoms with Gasteiger partial charge in [-0.05, 0) is 24.3 Å². The minimum Gasteiger partial charge on any atom is -0.479 e. The van der Waals surface area contributed by atoms with Crippen molar-refractivity contribution in [1.29, 1.82) is 0 Å². The highest BCUT2D eigenvalue weighted by molar-refractivity contribution is 6.31. The molecular formula is C15H12ClNO4. The molecule has 21 heavy (non-hydrogen) atoms. The molecule has 1 atom stereocenters. The Kier molecular flexibility index (Phi) is 4.79. The van der Waals surface area contributed by atoms with Gasteiger partial charge in [0.05, 0.1) is 6.26 Å². The van der Waals surface area contributed by atoms with Gasteiger partial charge >= 0.3 is 5.97 Å². The van der Waals surface area contributed by atoms with E-state index in [4.69, 9.17) is 16.0 Å². The van der Waals surface area contributed by atoms with Crippen LogP contribution < -0.4 is 5.32 Å². The summed E-state index contributed by atoms with van der Waals surface area (Å²) in [4.78, 5) is 23.1. The van der Waals surface area contributed by atoms with Gasteiger partial charge in [-0.1, -0.05) is 29.8 Å². The van der Waals surface area contributed by atoms with Crippen LogP contribution >= 0.6 is 11.6 Å². The molecule has 1 aromatic carbocycles. The molecule has 0 radical (unpaired) electrons. The second-order valence-electron chi connectivity index (χ2n) is 4.15. The zero-order valence-corrected chi connectivity index (χ0v) is 11.6. The van der Waals surface area contributed by atoms with Crippen LogP contribution in [0.3, 0.4) is 0 Å². The van der Waals surface area contributed by atoms with Gasteiger partial charge in [-0.3, -0.25) is 4.79 Å². The molecule has 0 spiro atoms. The fourth-order valence-corrected chi connectivity index (χ4v) is 1.96. The number of amides is 1. The van der Waals surface area contributed by atoms with Crippen LogP contribution in [0.2, 0.25) is 5.02 Å². The van der Waals surface area contributed by atoms with E-state index in [0.717, 1.165) is 0 Å². The molecule has 0 bridgehead atoms. The summed E-state index contributed by atoms with van der Waals surface area (Å²) >= 11 is 5.96. The van der Waals surface area contributed by atoms with Gasteiger partial charge in [0.15, 0.2) is 6.04 Å². The molecule has 1 amide bonds. The standard InChI is InChI=1S/C15H12ClNO4/c16-12-6-2-1-5-11(12)14(15(19)20)17-13(18)8-7-10-4-3-9-21-10/h1-9,14H,(H,17,18)(H,19,20)/b8-7+/t14-/m1/s1. The number of carboxylic acid groups (broad SMARTS) is 1. The van der Waals surface area contributed by atoms with E-state index in [1.807, 2.05) is 0 Å². The molecule has 2 N–H and O–H groups in total. The number of nitrogens with one attached hydrogen (secondary N) is 1. The van der Waals surface area contributed by atoms with Crippen LogP contribution in [0.25, 0.3) is 6.08 Å². The summed E-state index contributed by atoms with van der Waals surface area (Å²) in [5.74, 6) is -1.25. The number of hydrogen-bond donors (Lipinski definition) is 2. The molecule has 6 heteroatoms. The fourth-order valence-electron chi connectivity index (χ4n) is 1.72. The average Bonchev–Trinajstić information content (AvgIpc) is 2.96. The maximum absolute atomic E-state index is 11.8. The molecule has 0 saturated heterocycles. The molecule has 0 aliphatic heterocycles. The van der Waals surface area contributed by atoms with Crippen molar-refractivity contribution in [3.8, 4) is 0 Å². The minimum absolute atomic E-state index is 0.278. The van der Waals surface area contributed by atoms with E-state index in [1.54, 1.807) is 36.4 Å². The molecule has 2 aromatic rings. The van der Waals surface area contributed by atoms with Crippen molar-refractivity contribution < 1.29 is 19.1 Å². The van der Waals surface area contributed by atoms with E-state index >= 15 is 0 Å². The van der Waals surface area contributed by atoms with E-state index in [2.05, 4.69) is 5.32 Å². The normalized spacial score (nSPS) is 12.2. The number of hydrogen-bond acceptors (Lipinski definition) is 3. The third-order valence-electron chi connectivity index (χ3n) is 2.69. The van der Waals surface area contributed by atoms with Crippen LogP contribution in [0.5, 0.6) is 0 Å². The Balaban J connectivity index is 2.12. The van der Waals surface area contributed by atoms with Gasteiger partial charge in [0.1, 0.15) is 5.76 Å². The van der Waals surface area contributed by atoms with Crippen molar-refractivity contribution in [3.63, 3.8) is 0 Å². The molecule has 0 unspecified atom stereocenters. The van der Waals surface area contributed by atoms with E-state index in [1.165, 1.54) is 18.4 Å². The number of carbonyl (C=O) groups is 2. The van der Waals surface area contributed by atoms with E-state index < -0.39 is 17.9 Å². The second-order valence-corrected chi connectivity index (χ2v) is 4.56. The third kappa shape index (κ3) is 3.97. The molecule has 1 heterocycles. The number of carbonyl (C=O) groups excluding carboxylic acids is 1. The van der Waals surface area contributed by atoms with Gasteiger partial charge in [-0.15, -0.1) is 0 Å². The van der Waals surface area contributed by atoms with E-state index in [9.17, 15) is 14.7 Å². The molecule has 108 valence electrons. The molecule has 0 aliphatic carbocycles. The monoisotopic (exact) mass is 305 g/mol. The highest BCUT2D eigenvalue weighted by atomic mass is 35.5. The number of halogens is 1. The van der Waals surface area contributed by atoms with Crippen LogP contribution in [-0.4, -0.2) is 17.0 Å². The number of benzene rings is 1. The first kappa shape index (κ1) is 14.9. The zero-order chi connectivity index (χ0) is 15.2. The summed E-state index contributed by atoms with van der Waals surface area (Å²) in [6.07, 6.45) is 4.12. The highest BCUT2D eigenvalue weighted by Crippen LogP contribution is 2.22. The molecule has 1 aromatic heterocycles. The second kappa shape index (κ2) is 6.76. The molecule has 0 aliphatic rings. The van der Waals surface area contributed by atoms with Crippen molar-refractivity contribution in [3.05, 3.63) is 65.1 Å². The largest absolute Gasteiger partial charge is 0.479 e. The average molecular weight is 306 g/mol. The van der Waals surface area contributed by atoms with Crippen molar-refractivity contribution in [1.82, 2.24) is 5.32 Å². The highest BCUT2D eigenvalue weighted by Gasteiger charge is 2.23. The summed E-state index contributed by atoms with van der Waals surface area (Å²) in [5.41, 5.74) is 0.325. The number of furan rings is 1. The van der Waals surface area contributed by atoms with Gasteiger partial charge < -0.3 is 14.8 Å². The lowest BCUT2D eigenvalue weighted by Gasteiger charge is -2.14. The number of rotatable bonds is 5. The van der Waals surface area contributed by atoms with Crippen molar-refractivity contribution in [2.75, 3.05) is 0 Å². The van der Waals surface area contributed by atoms with Crippen LogP contribution in [-0.2, 0) is 9.59 Å². The Hall–Kier alpha value is -2.53. The number of aliphatic carboxylic acids is 1. The van der Waals surface area contributed by atoms with E-state index in [-0.39, 0.29) is 5.02 Å². The summed E-state index contributed by atoms with van der Waals surface area (Å²) < 4.78 is 5.04. The Bertz CT molecular complexity index is 664. The summed E-state index contributed by atoms with van der Waals surface area (Å²) in [6.45, 7) is 0. The zero-order valence-electron chi connectivity index (χ0n) is 10.8. The van der Waals surface area contributed by atoms with Crippen LogP contribution in [0.4, 0.5) is 0 Å². The smallest absolute Gasteiger partial charge is 0.330 e. The van der Waals surface area contributed by atoms with Crippen molar-refractivity contribution in [2.24, 2.45) is 0 Å². The third-order valence-corrected chi connectivity index (χ3v) is 3.04. The predicted molar refractivity (Wildman–Crippen MR) is 77.7 cm³/mol. The first-order valence-electron chi connectivity index (χ1n) is 6.07. The predicted octanol–water partition coefficient (Wildman–Crippen LogP) is 2.89. The molecule has 0 saturated carbocycles. The van der Waals surface area contributed by atoms with Gasteiger partial charge in [0.25, 0.3) is 0 Å². The molecule has 5 nitrogen and oxygen atoms in total. The maximum atomic E-state index is 11.8. The molecule has 0 fully saturated rings. The Morgan fingerprint density at radius 2 is 2.00 bits per heavy atom. The van der Waals surface area contributed by atoms with Crippen molar-refractivity contribution >= 4 is 29.6 Å². The maximum Gasteiger partial charge on any atom is 0.330 e. The summed E-state index contributed by atoms with van der Waals surface area (Å²) in [5, 5.41) is 11.9. The van der Waals surface area contributed by atoms with Crippen LogP contribution in [0.15, 0.2) is 53.2 Å². The topological polar surface area (TPSA) is 79.5 Å². The SMILES string of the molecule is O=C(/C=C/c1ccco1)N[C@@H](C(=O)O)c1ccccc1Cl. The molecule has 2 rings (SSSR count). The summed E-state index contributed by atoms with van der Waals surface area (Å²) in [7, 11) is 0. The quantitative estimate of drug-likeness (QED) is 0.832. The van der Waals surface area contributed by atoms with Crippen LogP contribution in [0, 0.1) is 0 Å².